The van der Waals surface area contributed by atoms with Gasteiger partial charge in [0.15, 0.2) is 17.4 Å². The highest BCUT2D eigenvalue weighted by atomic mass is 32.1. The number of nitrogens with zero attached hydrogens (tertiary/aromatic N) is 6. The van der Waals surface area contributed by atoms with Crippen LogP contribution in [-0.4, -0.2) is 94.1 Å². The monoisotopic (exact) mass is 639 g/mol. The van der Waals surface area contributed by atoms with Crippen LogP contribution in [0, 0.1) is 5.82 Å². The van der Waals surface area contributed by atoms with Gasteiger partial charge in [0.25, 0.3) is 0 Å². The number of anilines is 1. The SMILES string of the molecule is O=C(C=Cc1ccccc1F)CCC(=O)N1CCN(Cc2cc3nc(-c4cccc5[nH]ncc45)nc(N4CCOCC4)c3s2)CC1. The van der Waals surface area contributed by atoms with E-state index < -0.39 is 0 Å². The summed E-state index contributed by atoms with van der Waals surface area (Å²) in [4.78, 5) is 43.0. The number of rotatable bonds is 9. The van der Waals surface area contributed by atoms with Gasteiger partial charge in [-0.05, 0) is 30.4 Å². The zero-order chi connectivity index (χ0) is 31.5. The molecule has 2 aliphatic heterocycles. The van der Waals surface area contributed by atoms with Crippen LogP contribution < -0.4 is 4.90 Å². The predicted molar refractivity (Wildman–Crippen MR) is 177 cm³/mol. The van der Waals surface area contributed by atoms with Crippen LogP contribution in [0.25, 0.3) is 38.6 Å². The zero-order valence-electron chi connectivity index (χ0n) is 25.3. The molecule has 1 N–H and O–H groups in total. The molecule has 0 unspecified atom stereocenters. The first-order valence-corrected chi connectivity index (χ1v) is 16.3. The van der Waals surface area contributed by atoms with E-state index in [0.29, 0.717) is 37.7 Å². The number of benzene rings is 2. The van der Waals surface area contributed by atoms with E-state index >= 15 is 0 Å². The Morgan fingerprint density at radius 1 is 0.978 bits per heavy atom. The number of aromatic nitrogens is 4. The second-order valence-electron chi connectivity index (χ2n) is 11.5. The molecule has 0 spiro atoms. The van der Waals surface area contributed by atoms with E-state index in [1.54, 1.807) is 29.5 Å². The summed E-state index contributed by atoms with van der Waals surface area (Å²) < 4.78 is 20.5. The summed E-state index contributed by atoms with van der Waals surface area (Å²) in [6.07, 6.45) is 4.89. The fourth-order valence-corrected chi connectivity index (χ4v) is 7.11. The van der Waals surface area contributed by atoms with Crippen molar-refractivity contribution in [3.8, 4) is 11.4 Å². The number of thiophene rings is 1. The highest BCUT2D eigenvalue weighted by molar-refractivity contribution is 7.19. The van der Waals surface area contributed by atoms with E-state index in [0.717, 1.165) is 65.2 Å². The van der Waals surface area contributed by atoms with Gasteiger partial charge in [-0.25, -0.2) is 14.4 Å². The Hall–Kier alpha value is -4.52. The lowest BCUT2D eigenvalue weighted by molar-refractivity contribution is -0.134. The van der Waals surface area contributed by atoms with Crippen LogP contribution in [0.4, 0.5) is 10.2 Å². The number of piperazine rings is 1. The minimum Gasteiger partial charge on any atom is -0.378 e. The van der Waals surface area contributed by atoms with Crippen molar-refractivity contribution >= 4 is 56.0 Å². The summed E-state index contributed by atoms with van der Waals surface area (Å²) in [6.45, 7) is 6.36. The number of fused-ring (bicyclic) bond motifs is 2. The number of aromatic amines is 1. The number of ether oxygens (including phenoxy) is 1. The molecule has 1 amide bonds. The van der Waals surface area contributed by atoms with Gasteiger partial charge in [0.05, 0.1) is 35.1 Å². The fourth-order valence-electron chi connectivity index (χ4n) is 5.96. The molecule has 5 aromatic rings. The molecule has 3 aromatic heterocycles. The average Bonchev–Trinajstić information content (AvgIpc) is 3.74. The van der Waals surface area contributed by atoms with E-state index in [1.165, 1.54) is 23.1 Å². The molecule has 236 valence electrons. The van der Waals surface area contributed by atoms with E-state index in [1.807, 2.05) is 29.3 Å². The molecule has 2 aromatic carbocycles. The highest BCUT2D eigenvalue weighted by Crippen LogP contribution is 2.36. The molecular weight excluding hydrogens is 605 g/mol. The number of morpholine rings is 1. The maximum absolute atomic E-state index is 13.8. The molecule has 2 aliphatic rings. The minimum atomic E-state index is -0.380. The van der Waals surface area contributed by atoms with Crippen molar-refractivity contribution < 1.29 is 18.7 Å². The van der Waals surface area contributed by atoms with E-state index in [2.05, 4.69) is 26.1 Å². The van der Waals surface area contributed by atoms with E-state index in [4.69, 9.17) is 14.7 Å². The number of nitrogens with one attached hydrogen (secondary N) is 1. The van der Waals surface area contributed by atoms with Crippen molar-refractivity contribution in [2.24, 2.45) is 0 Å². The second kappa shape index (κ2) is 13.5. The van der Waals surface area contributed by atoms with Crippen molar-refractivity contribution in [3.05, 3.63) is 77.1 Å². The molecule has 2 fully saturated rings. The summed E-state index contributed by atoms with van der Waals surface area (Å²) >= 11 is 1.73. The molecule has 10 nitrogen and oxygen atoms in total. The van der Waals surface area contributed by atoms with Gasteiger partial charge in [-0.1, -0.05) is 30.3 Å². The van der Waals surface area contributed by atoms with Gasteiger partial charge in [-0.2, -0.15) is 5.10 Å². The molecule has 0 saturated carbocycles. The third-order valence-corrected chi connectivity index (χ3v) is 9.59. The molecular formula is C34H34FN7O3S. The first kappa shape index (κ1) is 30.2. The number of hydrogen-bond acceptors (Lipinski definition) is 9. The molecule has 0 bridgehead atoms. The van der Waals surface area contributed by atoms with Crippen LogP contribution in [0.1, 0.15) is 23.3 Å². The topological polar surface area (TPSA) is 108 Å². The van der Waals surface area contributed by atoms with Crippen LogP contribution >= 0.6 is 11.3 Å². The number of carbonyl (C=O) groups excluding carboxylic acids is 2. The van der Waals surface area contributed by atoms with Crippen molar-refractivity contribution in [2.45, 2.75) is 19.4 Å². The Balaban J connectivity index is 1.00. The summed E-state index contributed by atoms with van der Waals surface area (Å²) in [5.41, 5.74) is 3.17. The number of H-pyrrole nitrogens is 1. The van der Waals surface area contributed by atoms with Gasteiger partial charge < -0.3 is 14.5 Å². The Morgan fingerprint density at radius 2 is 1.80 bits per heavy atom. The Kier molecular flexibility index (Phi) is 8.82. The van der Waals surface area contributed by atoms with Crippen molar-refractivity contribution in [3.63, 3.8) is 0 Å². The third kappa shape index (κ3) is 6.55. The smallest absolute Gasteiger partial charge is 0.223 e. The lowest BCUT2D eigenvalue weighted by Gasteiger charge is -2.34. The number of halogens is 1. The summed E-state index contributed by atoms with van der Waals surface area (Å²) in [5.74, 6) is 1.02. The third-order valence-electron chi connectivity index (χ3n) is 8.48. The summed E-state index contributed by atoms with van der Waals surface area (Å²) in [6, 6.07) is 14.5. The maximum atomic E-state index is 13.8. The minimum absolute atomic E-state index is 0.0280. The van der Waals surface area contributed by atoms with Crippen molar-refractivity contribution in [2.75, 3.05) is 57.4 Å². The Bertz CT molecular complexity index is 1910. The number of ketones is 1. The first-order chi connectivity index (χ1) is 22.5. The van der Waals surface area contributed by atoms with Gasteiger partial charge in [-0.15, -0.1) is 11.3 Å². The lowest BCUT2D eigenvalue weighted by atomic mass is 10.1. The molecule has 12 heteroatoms. The molecule has 0 atom stereocenters. The van der Waals surface area contributed by atoms with Crippen LogP contribution in [0.15, 0.2) is 60.8 Å². The van der Waals surface area contributed by atoms with Crippen molar-refractivity contribution in [1.29, 1.82) is 0 Å². The molecule has 7 rings (SSSR count). The number of allylic oxidation sites excluding steroid dienone is 1. The quantitative estimate of drug-likeness (QED) is 0.227. The number of amides is 1. The normalized spacial score (nSPS) is 16.2. The van der Waals surface area contributed by atoms with Crippen LogP contribution in [0.2, 0.25) is 0 Å². The zero-order valence-corrected chi connectivity index (χ0v) is 26.1. The fraction of sp³-hybridized carbons (Fsp3) is 0.324. The van der Waals surface area contributed by atoms with Gasteiger partial charge in [0.1, 0.15) is 5.82 Å². The van der Waals surface area contributed by atoms with Gasteiger partial charge in [0.2, 0.25) is 5.91 Å². The average molecular weight is 640 g/mol. The van der Waals surface area contributed by atoms with Crippen molar-refractivity contribution in [1.82, 2.24) is 30.0 Å². The first-order valence-electron chi connectivity index (χ1n) is 15.5. The largest absolute Gasteiger partial charge is 0.378 e. The van der Waals surface area contributed by atoms with Crippen LogP contribution in [-0.2, 0) is 20.9 Å². The van der Waals surface area contributed by atoms with Crippen LogP contribution in [0.5, 0.6) is 0 Å². The molecule has 5 heterocycles. The van der Waals surface area contributed by atoms with Crippen LogP contribution in [0.3, 0.4) is 0 Å². The number of carbonyl (C=O) groups is 2. The summed E-state index contributed by atoms with van der Waals surface area (Å²) in [5, 5.41) is 8.25. The highest BCUT2D eigenvalue weighted by Gasteiger charge is 2.24. The maximum Gasteiger partial charge on any atom is 0.223 e. The van der Waals surface area contributed by atoms with Gasteiger partial charge in [0, 0.05) is 80.0 Å². The lowest BCUT2D eigenvalue weighted by Crippen LogP contribution is -2.48. The molecule has 46 heavy (non-hydrogen) atoms. The van der Waals surface area contributed by atoms with Gasteiger partial charge >= 0.3 is 0 Å². The molecule has 0 aliphatic carbocycles. The molecule has 0 radical (unpaired) electrons. The number of hydrogen-bond donors (Lipinski definition) is 1. The Labute approximate surface area is 269 Å². The predicted octanol–water partition coefficient (Wildman–Crippen LogP) is 4.92. The van der Waals surface area contributed by atoms with E-state index in [-0.39, 0.29) is 30.3 Å². The molecule has 2 saturated heterocycles. The van der Waals surface area contributed by atoms with E-state index in [9.17, 15) is 14.0 Å². The second-order valence-corrected chi connectivity index (χ2v) is 12.6. The Morgan fingerprint density at radius 3 is 2.63 bits per heavy atom. The standard InChI is InChI=1S/C34H34FN7O3S/c35-28-6-2-1-4-23(28)8-9-24(43)10-11-31(44)41-14-12-40(13-15-41)22-25-20-30-32(46-25)34(42-16-18-45-19-17-42)38-33(37-30)26-5-3-7-29-27(26)21-36-39-29/h1-9,20-21H,10-19,22H2,(H,36,39). The summed E-state index contributed by atoms with van der Waals surface area (Å²) in [7, 11) is 0. The van der Waals surface area contributed by atoms with Gasteiger partial charge in [-0.3, -0.25) is 19.6 Å².